The highest BCUT2D eigenvalue weighted by Gasteiger charge is 2.18. The van der Waals surface area contributed by atoms with Gasteiger partial charge in [0.25, 0.3) is 0 Å². The number of benzene rings is 2. The van der Waals surface area contributed by atoms with E-state index in [4.69, 9.17) is 4.74 Å². The van der Waals surface area contributed by atoms with E-state index in [1.54, 1.807) is 7.11 Å². The average molecular weight is 354 g/mol. The SMILES string of the molecule is COc1ccc(C(CC(=O)Nc2ccccc2C(C)C)NC(C)=O)cc1. The van der Waals surface area contributed by atoms with Crippen LogP contribution in [0.3, 0.4) is 0 Å². The molecule has 1 atom stereocenters. The van der Waals surface area contributed by atoms with Crippen molar-refractivity contribution in [1.29, 1.82) is 0 Å². The number of para-hydroxylation sites is 1. The van der Waals surface area contributed by atoms with Gasteiger partial charge in [0.15, 0.2) is 0 Å². The maximum Gasteiger partial charge on any atom is 0.226 e. The minimum atomic E-state index is -0.399. The molecule has 0 aromatic heterocycles. The Morgan fingerprint density at radius 1 is 1.04 bits per heavy atom. The van der Waals surface area contributed by atoms with Crippen molar-refractivity contribution in [3.05, 3.63) is 59.7 Å². The first-order valence-electron chi connectivity index (χ1n) is 8.70. The van der Waals surface area contributed by atoms with Gasteiger partial charge in [0.2, 0.25) is 11.8 Å². The number of hydrogen-bond acceptors (Lipinski definition) is 3. The van der Waals surface area contributed by atoms with E-state index in [0.717, 1.165) is 22.6 Å². The first-order valence-corrected chi connectivity index (χ1v) is 8.70. The molecule has 0 aliphatic rings. The molecule has 138 valence electrons. The van der Waals surface area contributed by atoms with E-state index in [9.17, 15) is 9.59 Å². The van der Waals surface area contributed by atoms with Crippen LogP contribution in [0.15, 0.2) is 48.5 Å². The Morgan fingerprint density at radius 2 is 1.69 bits per heavy atom. The van der Waals surface area contributed by atoms with Crippen molar-refractivity contribution in [2.24, 2.45) is 0 Å². The van der Waals surface area contributed by atoms with E-state index in [0.29, 0.717) is 5.92 Å². The van der Waals surface area contributed by atoms with Crippen molar-refractivity contribution < 1.29 is 14.3 Å². The molecule has 5 nitrogen and oxygen atoms in total. The van der Waals surface area contributed by atoms with Crippen LogP contribution in [0, 0.1) is 0 Å². The van der Waals surface area contributed by atoms with E-state index in [1.165, 1.54) is 6.92 Å². The Balaban J connectivity index is 2.15. The Kier molecular flexibility index (Phi) is 6.78. The van der Waals surface area contributed by atoms with Crippen LogP contribution < -0.4 is 15.4 Å². The molecule has 5 heteroatoms. The maximum atomic E-state index is 12.6. The summed E-state index contributed by atoms with van der Waals surface area (Å²) in [7, 11) is 1.60. The molecule has 0 aliphatic carbocycles. The van der Waals surface area contributed by atoms with Gasteiger partial charge in [0.1, 0.15) is 5.75 Å². The molecular formula is C21H26N2O3. The van der Waals surface area contributed by atoms with Crippen LogP contribution >= 0.6 is 0 Å². The van der Waals surface area contributed by atoms with Gasteiger partial charge in [-0.1, -0.05) is 44.2 Å². The fraction of sp³-hybridized carbons (Fsp3) is 0.333. The molecule has 0 saturated carbocycles. The smallest absolute Gasteiger partial charge is 0.226 e. The highest BCUT2D eigenvalue weighted by atomic mass is 16.5. The largest absolute Gasteiger partial charge is 0.497 e. The van der Waals surface area contributed by atoms with Crippen molar-refractivity contribution in [1.82, 2.24) is 5.32 Å². The molecule has 0 radical (unpaired) electrons. The highest BCUT2D eigenvalue weighted by Crippen LogP contribution is 2.25. The molecule has 0 saturated heterocycles. The number of amides is 2. The van der Waals surface area contributed by atoms with Gasteiger partial charge in [-0.3, -0.25) is 9.59 Å². The number of carbonyl (C=O) groups is 2. The molecule has 26 heavy (non-hydrogen) atoms. The molecule has 1 unspecified atom stereocenters. The van der Waals surface area contributed by atoms with Crippen LogP contribution in [0.5, 0.6) is 5.75 Å². The zero-order valence-electron chi connectivity index (χ0n) is 15.7. The summed E-state index contributed by atoms with van der Waals surface area (Å²) in [5.41, 5.74) is 2.75. The molecule has 0 aliphatic heterocycles. The van der Waals surface area contributed by atoms with Crippen molar-refractivity contribution in [3.8, 4) is 5.75 Å². The number of carbonyl (C=O) groups excluding carboxylic acids is 2. The minimum absolute atomic E-state index is 0.146. The number of rotatable bonds is 7. The van der Waals surface area contributed by atoms with Gasteiger partial charge in [-0.25, -0.2) is 0 Å². The molecule has 2 rings (SSSR count). The second-order valence-electron chi connectivity index (χ2n) is 6.52. The quantitative estimate of drug-likeness (QED) is 0.789. The summed E-state index contributed by atoms with van der Waals surface area (Å²) in [6.07, 6.45) is 0.151. The minimum Gasteiger partial charge on any atom is -0.497 e. The summed E-state index contributed by atoms with van der Waals surface area (Å²) in [6, 6.07) is 14.7. The number of hydrogen-bond donors (Lipinski definition) is 2. The number of methoxy groups -OCH3 is 1. The van der Waals surface area contributed by atoms with Crippen LogP contribution in [0.4, 0.5) is 5.69 Å². The van der Waals surface area contributed by atoms with Crippen molar-refractivity contribution in [3.63, 3.8) is 0 Å². The molecule has 2 aromatic rings. The molecule has 0 heterocycles. The van der Waals surface area contributed by atoms with Gasteiger partial charge < -0.3 is 15.4 Å². The lowest BCUT2D eigenvalue weighted by atomic mass is 10.00. The Hall–Kier alpha value is -2.82. The fourth-order valence-electron chi connectivity index (χ4n) is 2.83. The standard InChI is InChI=1S/C21H26N2O3/c1-14(2)18-7-5-6-8-19(18)23-21(25)13-20(22-15(3)24)16-9-11-17(26-4)12-10-16/h5-12,14,20H,13H2,1-4H3,(H,22,24)(H,23,25). The Bertz CT molecular complexity index is 754. The third kappa shape index (κ3) is 5.34. The second kappa shape index (κ2) is 9.04. The van der Waals surface area contributed by atoms with Gasteiger partial charge in [-0.2, -0.15) is 0 Å². The zero-order valence-corrected chi connectivity index (χ0v) is 15.7. The van der Waals surface area contributed by atoms with Crippen molar-refractivity contribution >= 4 is 17.5 Å². The van der Waals surface area contributed by atoms with Crippen LogP contribution in [-0.2, 0) is 9.59 Å². The highest BCUT2D eigenvalue weighted by molar-refractivity contribution is 5.92. The summed E-state index contributed by atoms with van der Waals surface area (Å²) in [5, 5.41) is 5.82. The van der Waals surface area contributed by atoms with Gasteiger partial charge in [-0.05, 0) is 35.2 Å². The second-order valence-corrected chi connectivity index (χ2v) is 6.52. The summed E-state index contributed by atoms with van der Waals surface area (Å²) in [6.45, 7) is 5.62. The lowest BCUT2D eigenvalue weighted by Gasteiger charge is -2.19. The predicted octanol–water partition coefficient (Wildman–Crippen LogP) is 4.02. The third-order valence-corrected chi connectivity index (χ3v) is 4.14. The summed E-state index contributed by atoms with van der Waals surface area (Å²) in [4.78, 5) is 24.2. The van der Waals surface area contributed by atoms with Crippen LogP contribution in [0.25, 0.3) is 0 Å². The topological polar surface area (TPSA) is 67.4 Å². The number of nitrogens with one attached hydrogen (secondary N) is 2. The van der Waals surface area contributed by atoms with Gasteiger partial charge in [0.05, 0.1) is 19.6 Å². The Labute approximate surface area is 154 Å². The van der Waals surface area contributed by atoms with Crippen molar-refractivity contribution in [2.45, 2.75) is 39.2 Å². The van der Waals surface area contributed by atoms with Gasteiger partial charge in [-0.15, -0.1) is 0 Å². The van der Waals surface area contributed by atoms with Crippen LogP contribution in [-0.4, -0.2) is 18.9 Å². The lowest BCUT2D eigenvalue weighted by molar-refractivity contribution is -0.120. The van der Waals surface area contributed by atoms with E-state index in [-0.39, 0.29) is 18.2 Å². The summed E-state index contributed by atoms with van der Waals surface area (Å²) >= 11 is 0. The van der Waals surface area contributed by atoms with Crippen LogP contribution in [0.2, 0.25) is 0 Å². The Morgan fingerprint density at radius 3 is 2.27 bits per heavy atom. The predicted molar refractivity (Wildman–Crippen MR) is 103 cm³/mol. The van der Waals surface area contributed by atoms with E-state index in [2.05, 4.69) is 24.5 Å². The first-order chi connectivity index (χ1) is 12.4. The monoisotopic (exact) mass is 354 g/mol. The zero-order chi connectivity index (χ0) is 19.1. The molecule has 2 N–H and O–H groups in total. The van der Waals surface area contributed by atoms with E-state index < -0.39 is 6.04 Å². The molecule has 0 spiro atoms. The summed E-state index contributed by atoms with van der Waals surface area (Å²) < 4.78 is 5.16. The lowest BCUT2D eigenvalue weighted by Crippen LogP contribution is -2.29. The first kappa shape index (κ1) is 19.5. The third-order valence-electron chi connectivity index (χ3n) is 4.14. The molecule has 0 fully saturated rings. The average Bonchev–Trinajstić information content (AvgIpc) is 2.61. The van der Waals surface area contributed by atoms with Crippen molar-refractivity contribution in [2.75, 3.05) is 12.4 Å². The van der Waals surface area contributed by atoms with Gasteiger partial charge in [0, 0.05) is 12.6 Å². The van der Waals surface area contributed by atoms with Crippen LogP contribution in [0.1, 0.15) is 50.3 Å². The maximum absolute atomic E-state index is 12.6. The molecule has 2 amide bonds. The molecule has 0 bridgehead atoms. The molecular weight excluding hydrogens is 328 g/mol. The normalized spacial score (nSPS) is 11.7. The van der Waals surface area contributed by atoms with Gasteiger partial charge >= 0.3 is 0 Å². The molecule has 2 aromatic carbocycles. The van der Waals surface area contributed by atoms with E-state index in [1.807, 2.05) is 48.5 Å². The fourth-order valence-corrected chi connectivity index (χ4v) is 2.83. The number of anilines is 1. The summed E-state index contributed by atoms with van der Waals surface area (Å²) in [5.74, 6) is 0.707. The van der Waals surface area contributed by atoms with E-state index >= 15 is 0 Å². The number of ether oxygens (including phenoxy) is 1.